The lowest BCUT2D eigenvalue weighted by molar-refractivity contribution is 0.143. The highest BCUT2D eigenvalue weighted by Gasteiger charge is 2.28. The third kappa shape index (κ3) is 3.63. The second-order valence-corrected chi connectivity index (χ2v) is 7.49. The maximum atomic E-state index is 12.2. The van der Waals surface area contributed by atoms with Crippen LogP contribution in [0.1, 0.15) is 29.0 Å². The maximum absolute atomic E-state index is 12.2. The van der Waals surface area contributed by atoms with E-state index in [9.17, 15) is 4.79 Å². The molecule has 2 aromatic heterocycles. The number of carbonyl (C=O) groups is 1. The van der Waals surface area contributed by atoms with Gasteiger partial charge in [-0.25, -0.2) is 14.8 Å². The van der Waals surface area contributed by atoms with Gasteiger partial charge in [0.2, 0.25) is 0 Å². The molecule has 5 rings (SSSR count). The lowest BCUT2D eigenvalue weighted by Gasteiger charge is -2.14. The molecule has 7 heteroatoms. The first-order valence-corrected chi connectivity index (χ1v) is 10.4. The molecule has 0 saturated heterocycles. The molecule has 4 aromatic rings. The summed E-state index contributed by atoms with van der Waals surface area (Å²) in [5.74, 6) is 6.51. The van der Waals surface area contributed by atoms with Crippen molar-refractivity contribution in [1.82, 2.24) is 20.3 Å². The molecular weight excluding hydrogens is 402 g/mol. The number of ether oxygens (including phenoxy) is 1. The van der Waals surface area contributed by atoms with Crippen LogP contribution in [-0.2, 0) is 4.74 Å². The summed E-state index contributed by atoms with van der Waals surface area (Å²) in [5.41, 5.74) is 12.1. The molecule has 7 nitrogen and oxygen atoms in total. The van der Waals surface area contributed by atoms with Crippen LogP contribution in [0.15, 0.2) is 61.1 Å². The molecule has 0 radical (unpaired) electrons. The Balaban J connectivity index is 1.16. The van der Waals surface area contributed by atoms with Gasteiger partial charge in [0.25, 0.3) is 0 Å². The summed E-state index contributed by atoms with van der Waals surface area (Å²) < 4.78 is 5.53. The molecule has 0 spiro atoms. The predicted molar refractivity (Wildman–Crippen MR) is 123 cm³/mol. The molecular formula is C25H21N5O2. The number of nitrogen functional groups attached to an aromatic ring is 1. The first-order valence-electron chi connectivity index (χ1n) is 10.4. The van der Waals surface area contributed by atoms with Crippen LogP contribution in [0.2, 0.25) is 0 Å². The van der Waals surface area contributed by atoms with Crippen LogP contribution in [0.25, 0.3) is 22.2 Å². The number of alkyl carbamates (subject to hydrolysis) is 1. The number of hydrogen-bond donors (Lipinski definition) is 3. The number of nitrogens with one attached hydrogen (secondary N) is 2. The van der Waals surface area contributed by atoms with Crippen molar-refractivity contribution in [1.29, 1.82) is 0 Å². The van der Waals surface area contributed by atoms with Crippen LogP contribution in [-0.4, -0.2) is 34.2 Å². The Morgan fingerprint density at radius 3 is 2.56 bits per heavy atom. The molecule has 2 aromatic carbocycles. The molecule has 0 unspecified atom stereocenters. The van der Waals surface area contributed by atoms with Crippen molar-refractivity contribution in [2.75, 3.05) is 18.9 Å². The van der Waals surface area contributed by atoms with E-state index in [1.165, 1.54) is 28.6 Å². The van der Waals surface area contributed by atoms with E-state index in [0.717, 1.165) is 5.56 Å². The Labute approximate surface area is 185 Å². The van der Waals surface area contributed by atoms with Crippen molar-refractivity contribution in [2.45, 2.75) is 12.3 Å². The normalized spacial score (nSPS) is 12.0. The van der Waals surface area contributed by atoms with E-state index >= 15 is 0 Å². The maximum Gasteiger partial charge on any atom is 0.407 e. The Morgan fingerprint density at radius 2 is 1.81 bits per heavy atom. The standard InChI is InChI=1S/C25H21N5O2/c26-23-22-16(13-28-24(22)30-15-29-23)7-5-6-12-27-25(31)32-14-21-19-10-3-1-8-17(19)18-9-2-4-11-20(18)21/h1-4,8-11,13,15,21H,6,12,14H2,(H,27,31)(H3,26,28,29,30). The monoisotopic (exact) mass is 423 g/mol. The van der Waals surface area contributed by atoms with Crippen LogP contribution in [0.5, 0.6) is 0 Å². The first-order chi connectivity index (χ1) is 15.7. The lowest BCUT2D eigenvalue weighted by Crippen LogP contribution is -2.26. The Morgan fingerprint density at radius 1 is 1.09 bits per heavy atom. The van der Waals surface area contributed by atoms with Gasteiger partial charge in [-0.3, -0.25) is 0 Å². The van der Waals surface area contributed by atoms with Gasteiger partial charge in [-0.05, 0) is 22.3 Å². The van der Waals surface area contributed by atoms with Gasteiger partial charge in [0.15, 0.2) is 0 Å². The minimum atomic E-state index is -0.446. The SMILES string of the molecule is Nc1ncnc2[nH]cc(C#CCCNC(=O)OCC3c4ccccc4-c4ccccc43)c12. The van der Waals surface area contributed by atoms with Crippen molar-refractivity contribution in [3.8, 4) is 23.0 Å². The summed E-state index contributed by atoms with van der Waals surface area (Å²) in [7, 11) is 0. The zero-order chi connectivity index (χ0) is 21.9. The third-order valence-electron chi connectivity index (χ3n) is 5.59. The Hall–Kier alpha value is -4.31. The van der Waals surface area contributed by atoms with Crippen molar-refractivity contribution >= 4 is 22.9 Å². The average Bonchev–Trinajstić information content (AvgIpc) is 3.37. The van der Waals surface area contributed by atoms with E-state index < -0.39 is 6.09 Å². The second-order valence-electron chi connectivity index (χ2n) is 7.49. The number of H-pyrrole nitrogens is 1. The summed E-state index contributed by atoms with van der Waals surface area (Å²) in [4.78, 5) is 23.4. The van der Waals surface area contributed by atoms with Gasteiger partial charge < -0.3 is 20.8 Å². The molecule has 32 heavy (non-hydrogen) atoms. The molecule has 158 valence electrons. The number of rotatable bonds is 4. The Bertz CT molecular complexity index is 1320. The van der Waals surface area contributed by atoms with Gasteiger partial charge in [0.05, 0.1) is 10.9 Å². The van der Waals surface area contributed by atoms with Crippen molar-refractivity contribution in [3.63, 3.8) is 0 Å². The van der Waals surface area contributed by atoms with E-state index in [2.05, 4.69) is 56.4 Å². The van der Waals surface area contributed by atoms with Crippen LogP contribution in [0.4, 0.5) is 10.6 Å². The molecule has 0 fully saturated rings. The molecule has 0 bridgehead atoms. The summed E-state index contributed by atoms with van der Waals surface area (Å²) in [6.07, 6.45) is 3.19. The quantitative estimate of drug-likeness (QED) is 0.342. The number of hydrogen-bond acceptors (Lipinski definition) is 5. The van der Waals surface area contributed by atoms with E-state index in [1.54, 1.807) is 6.20 Å². The van der Waals surface area contributed by atoms with Gasteiger partial charge in [-0.1, -0.05) is 60.4 Å². The molecule has 0 atom stereocenters. The third-order valence-corrected chi connectivity index (χ3v) is 5.59. The van der Waals surface area contributed by atoms with Crippen molar-refractivity contribution in [2.24, 2.45) is 0 Å². The molecule has 4 N–H and O–H groups in total. The number of aromatic amines is 1. The molecule has 1 aliphatic carbocycles. The number of nitrogens with zero attached hydrogens (tertiary/aromatic N) is 2. The van der Waals surface area contributed by atoms with Crippen LogP contribution in [0.3, 0.4) is 0 Å². The van der Waals surface area contributed by atoms with Gasteiger partial charge in [-0.2, -0.15) is 0 Å². The van der Waals surface area contributed by atoms with Gasteiger partial charge in [-0.15, -0.1) is 0 Å². The number of aromatic nitrogens is 3. The van der Waals surface area contributed by atoms with Gasteiger partial charge in [0.1, 0.15) is 24.4 Å². The van der Waals surface area contributed by atoms with Gasteiger partial charge in [0, 0.05) is 25.1 Å². The predicted octanol–water partition coefficient (Wildman–Crippen LogP) is 3.82. The smallest absolute Gasteiger partial charge is 0.407 e. The largest absolute Gasteiger partial charge is 0.449 e. The van der Waals surface area contributed by atoms with E-state index in [4.69, 9.17) is 10.5 Å². The van der Waals surface area contributed by atoms with Gasteiger partial charge >= 0.3 is 6.09 Å². The topological polar surface area (TPSA) is 106 Å². The average molecular weight is 423 g/mol. The molecule has 1 amide bonds. The first kappa shape index (κ1) is 19.6. The van der Waals surface area contributed by atoms with E-state index in [0.29, 0.717) is 36.4 Å². The summed E-state index contributed by atoms with van der Waals surface area (Å²) in [6.45, 7) is 0.679. The Kier molecular flexibility index (Phi) is 5.18. The molecule has 2 heterocycles. The number of nitrogens with two attached hydrogens (primary N) is 1. The van der Waals surface area contributed by atoms with Crippen LogP contribution in [0, 0.1) is 11.8 Å². The van der Waals surface area contributed by atoms with Crippen molar-refractivity contribution in [3.05, 3.63) is 77.7 Å². The molecule has 1 aliphatic rings. The highest BCUT2D eigenvalue weighted by Crippen LogP contribution is 2.44. The second kappa shape index (κ2) is 8.44. The summed E-state index contributed by atoms with van der Waals surface area (Å²) in [6, 6.07) is 16.5. The molecule has 0 saturated carbocycles. The molecule has 0 aliphatic heterocycles. The highest BCUT2D eigenvalue weighted by molar-refractivity contribution is 5.91. The number of amides is 1. The number of carbonyl (C=O) groups excluding carboxylic acids is 1. The minimum absolute atomic E-state index is 0.0440. The lowest BCUT2D eigenvalue weighted by atomic mass is 9.98. The fourth-order valence-electron chi connectivity index (χ4n) is 4.12. The van der Waals surface area contributed by atoms with Crippen molar-refractivity contribution < 1.29 is 9.53 Å². The zero-order valence-corrected chi connectivity index (χ0v) is 17.3. The van der Waals surface area contributed by atoms with Crippen LogP contribution < -0.4 is 11.1 Å². The zero-order valence-electron chi connectivity index (χ0n) is 17.3. The van der Waals surface area contributed by atoms with Crippen LogP contribution >= 0.6 is 0 Å². The highest BCUT2D eigenvalue weighted by atomic mass is 16.5. The number of benzene rings is 2. The summed E-state index contributed by atoms with van der Waals surface area (Å²) >= 11 is 0. The van der Waals surface area contributed by atoms with E-state index in [-0.39, 0.29) is 5.92 Å². The number of anilines is 1. The minimum Gasteiger partial charge on any atom is -0.449 e. The summed E-state index contributed by atoms with van der Waals surface area (Å²) in [5, 5.41) is 3.47. The van der Waals surface area contributed by atoms with E-state index in [1.807, 2.05) is 24.3 Å². The fraction of sp³-hybridized carbons (Fsp3) is 0.160. The fourth-order valence-corrected chi connectivity index (χ4v) is 4.12. The number of fused-ring (bicyclic) bond motifs is 4.